The number of rotatable bonds is 5. The highest BCUT2D eigenvalue weighted by Gasteiger charge is 2.28. The van der Waals surface area contributed by atoms with E-state index in [1.54, 1.807) is 0 Å². The van der Waals surface area contributed by atoms with Crippen molar-refractivity contribution in [2.45, 2.75) is 25.9 Å². The number of carboxylic acids is 1. The summed E-state index contributed by atoms with van der Waals surface area (Å²) in [6, 6.07) is 0. The second-order valence-corrected chi connectivity index (χ2v) is 3.76. The quantitative estimate of drug-likeness (QED) is 0.513. The average molecular weight is 284 g/mol. The number of carboxylic acid groups (broad SMARTS) is 1. The molecule has 1 rings (SSSR count). The summed E-state index contributed by atoms with van der Waals surface area (Å²) in [5.41, 5.74) is 0. The molecule has 1 atom stereocenters. The second-order valence-electron chi connectivity index (χ2n) is 3.76. The van der Waals surface area contributed by atoms with Gasteiger partial charge in [0.15, 0.2) is 5.75 Å². The van der Waals surface area contributed by atoms with Gasteiger partial charge in [-0.05, 0) is 13.3 Å². The summed E-state index contributed by atoms with van der Waals surface area (Å²) >= 11 is 0. The third kappa shape index (κ3) is 3.33. The number of carbonyl (C=O) groups is 1. The van der Waals surface area contributed by atoms with Crippen LogP contribution >= 0.6 is 0 Å². The Bertz CT molecular complexity index is 475. The van der Waals surface area contributed by atoms with Gasteiger partial charge < -0.3 is 9.84 Å². The molecule has 0 aliphatic carbocycles. The van der Waals surface area contributed by atoms with E-state index in [4.69, 9.17) is 5.11 Å². The van der Waals surface area contributed by atoms with Crippen LogP contribution in [0, 0.1) is 29.1 Å². The Labute approximate surface area is 104 Å². The van der Waals surface area contributed by atoms with E-state index in [0.717, 1.165) is 0 Å². The van der Waals surface area contributed by atoms with E-state index in [0.29, 0.717) is 0 Å². The van der Waals surface area contributed by atoms with Gasteiger partial charge in [0, 0.05) is 6.42 Å². The molecule has 0 saturated carbocycles. The first-order chi connectivity index (χ1) is 8.75. The van der Waals surface area contributed by atoms with E-state index >= 15 is 0 Å². The zero-order chi connectivity index (χ0) is 14.7. The number of ether oxygens (including phenoxy) is 1. The fraction of sp³-hybridized carbons (Fsp3) is 0.364. The molecule has 106 valence electrons. The standard InChI is InChI=1S/C11H9F5O3/c1-4(2-3-5(17)18)19-11-9(15)7(13)6(12)8(14)10(11)16/h4H,2-3H2,1H3,(H,17,18). The Kier molecular flexibility index (Phi) is 4.68. The lowest BCUT2D eigenvalue weighted by atomic mass is 10.2. The van der Waals surface area contributed by atoms with Crippen molar-refractivity contribution < 1.29 is 36.6 Å². The largest absolute Gasteiger partial charge is 0.484 e. The SMILES string of the molecule is CC(CCC(=O)O)Oc1c(F)c(F)c(F)c(F)c1F. The molecule has 0 aliphatic rings. The van der Waals surface area contributed by atoms with Gasteiger partial charge in [-0.25, -0.2) is 13.2 Å². The smallest absolute Gasteiger partial charge is 0.303 e. The summed E-state index contributed by atoms with van der Waals surface area (Å²) in [6.07, 6.45) is -1.53. The Morgan fingerprint density at radius 1 is 1.05 bits per heavy atom. The van der Waals surface area contributed by atoms with Crippen molar-refractivity contribution in [3.8, 4) is 5.75 Å². The van der Waals surface area contributed by atoms with Crippen LogP contribution in [0.2, 0.25) is 0 Å². The fourth-order valence-corrected chi connectivity index (χ4v) is 1.28. The highest BCUT2D eigenvalue weighted by molar-refractivity contribution is 5.66. The minimum Gasteiger partial charge on any atom is -0.484 e. The van der Waals surface area contributed by atoms with Gasteiger partial charge in [0.25, 0.3) is 0 Å². The predicted molar refractivity (Wildman–Crippen MR) is 53.2 cm³/mol. The van der Waals surface area contributed by atoms with Crippen LogP contribution in [0.4, 0.5) is 22.0 Å². The molecule has 0 aliphatic heterocycles. The molecule has 1 aromatic rings. The summed E-state index contributed by atoms with van der Waals surface area (Å²) in [5.74, 6) is -13.3. The molecule has 0 saturated heterocycles. The first kappa shape index (κ1) is 15.2. The van der Waals surface area contributed by atoms with Gasteiger partial charge in [-0.15, -0.1) is 0 Å². The number of benzene rings is 1. The second kappa shape index (κ2) is 5.85. The van der Waals surface area contributed by atoms with E-state index in [1.807, 2.05) is 0 Å². The predicted octanol–water partition coefficient (Wildman–Crippen LogP) is 3.01. The van der Waals surface area contributed by atoms with Crippen LogP contribution in [0.3, 0.4) is 0 Å². The zero-order valence-corrected chi connectivity index (χ0v) is 9.65. The highest BCUT2D eigenvalue weighted by Crippen LogP contribution is 2.30. The van der Waals surface area contributed by atoms with E-state index in [1.165, 1.54) is 6.92 Å². The molecule has 0 radical (unpaired) electrons. The van der Waals surface area contributed by atoms with Gasteiger partial charge in [0.2, 0.25) is 29.1 Å². The topological polar surface area (TPSA) is 46.5 Å². The molecule has 0 heterocycles. The highest BCUT2D eigenvalue weighted by atomic mass is 19.2. The van der Waals surface area contributed by atoms with Crippen molar-refractivity contribution in [1.29, 1.82) is 0 Å². The van der Waals surface area contributed by atoms with Gasteiger partial charge in [0.1, 0.15) is 0 Å². The van der Waals surface area contributed by atoms with Gasteiger partial charge in [-0.2, -0.15) is 8.78 Å². The van der Waals surface area contributed by atoms with Crippen molar-refractivity contribution in [1.82, 2.24) is 0 Å². The maximum absolute atomic E-state index is 13.2. The molecule has 1 N–H and O–H groups in total. The molecule has 0 fully saturated rings. The van der Waals surface area contributed by atoms with Crippen molar-refractivity contribution in [3.05, 3.63) is 29.1 Å². The molecule has 0 bridgehead atoms. The van der Waals surface area contributed by atoms with Crippen LogP contribution < -0.4 is 4.74 Å². The monoisotopic (exact) mass is 284 g/mol. The molecular formula is C11H9F5O3. The van der Waals surface area contributed by atoms with Gasteiger partial charge in [0.05, 0.1) is 6.10 Å². The Hall–Kier alpha value is -1.86. The van der Waals surface area contributed by atoms with Crippen molar-refractivity contribution in [3.63, 3.8) is 0 Å². The van der Waals surface area contributed by atoms with Crippen LogP contribution in [-0.4, -0.2) is 17.2 Å². The molecule has 0 spiro atoms. The molecule has 19 heavy (non-hydrogen) atoms. The molecule has 3 nitrogen and oxygen atoms in total. The van der Waals surface area contributed by atoms with E-state index in [9.17, 15) is 26.7 Å². The van der Waals surface area contributed by atoms with Crippen LogP contribution in [0.1, 0.15) is 19.8 Å². The van der Waals surface area contributed by atoms with E-state index in [-0.39, 0.29) is 12.8 Å². The van der Waals surface area contributed by atoms with E-state index in [2.05, 4.69) is 4.74 Å². The van der Waals surface area contributed by atoms with Crippen molar-refractivity contribution in [2.24, 2.45) is 0 Å². The minimum atomic E-state index is -2.28. The summed E-state index contributed by atoms with van der Waals surface area (Å²) in [5, 5.41) is 8.39. The Morgan fingerprint density at radius 3 is 1.89 bits per heavy atom. The first-order valence-electron chi connectivity index (χ1n) is 5.15. The lowest BCUT2D eigenvalue weighted by Gasteiger charge is -2.15. The number of halogens is 5. The summed E-state index contributed by atoms with van der Waals surface area (Å²) in [6.45, 7) is 1.25. The Morgan fingerprint density at radius 2 is 1.47 bits per heavy atom. The molecular weight excluding hydrogens is 275 g/mol. The third-order valence-corrected chi connectivity index (χ3v) is 2.25. The van der Waals surface area contributed by atoms with Crippen molar-refractivity contribution in [2.75, 3.05) is 0 Å². The minimum absolute atomic E-state index is 0.144. The number of hydrogen-bond donors (Lipinski definition) is 1. The summed E-state index contributed by atoms with van der Waals surface area (Å²) in [4.78, 5) is 10.3. The summed E-state index contributed by atoms with van der Waals surface area (Å²) < 4.78 is 69.4. The normalized spacial score (nSPS) is 12.3. The summed E-state index contributed by atoms with van der Waals surface area (Å²) in [7, 11) is 0. The lowest BCUT2D eigenvalue weighted by Crippen LogP contribution is -2.17. The van der Waals surface area contributed by atoms with Crippen molar-refractivity contribution >= 4 is 5.97 Å². The number of hydrogen-bond acceptors (Lipinski definition) is 2. The molecule has 1 aromatic carbocycles. The zero-order valence-electron chi connectivity index (χ0n) is 9.65. The lowest BCUT2D eigenvalue weighted by molar-refractivity contribution is -0.137. The van der Waals surface area contributed by atoms with Gasteiger partial charge in [-0.1, -0.05) is 0 Å². The van der Waals surface area contributed by atoms with E-state index < -0.39 is 46.9 Å². The first-order valence-corrected chi connectivity index (χ1v) is 5.15. The third-order valence-electron chi connectivity index (χ3n) is 2.25. The molecule has 1 unspecified atom stereocenters. The fourth-order valence-electron chi connectivity index (χ4n) is 1.28. The number of aliphatic carboxylic acids is 1. The van der Waals surface area contributed by atoms with Crippen LogP contribution in [0.5, 0.6) is 5.75 Å². The maximum atomic E-state index is 13.2. The van der Waals surface area contributed by atoms with Gasteiger partial charge in [-0.3, -0.25) is 4.79 Å². The average Bonchev–Trinajstić information content (AvgIpc) is 2.36. The Balaban J connectivity index is 2.98. The molecule has 0 aromatic heterocycles. The maximum Gasteiger partial charge on any atom is 0.303 e. The van der Waals surface area contributed by atoms with Gasteiger partial charge >= 0.3 is 5.97 Å². The van der Waals surface area contributed by atoms with Crippen LogP contribution in [-0.2, 0) is 4.79 Å². The molecule has 0 amide bonds. The van der Waals surface area contributed by atoms with Crippen LogP contribution in [0.25, 0.3) is 0 Å². The van der Waals surface area contributed by atoms with Crippen LogP contribution in [0.15, 0.2) is 0 Å². The molecule has 8 heteroatoms.